The molecule has 3 heteroatoms. The summed E-state index contributed by atoms with van der Waals surface area (Å²) in [5, 5.41) is 3.67. The molecule has 1 atom stereocenters. The van der Waals surface area contributed by atoms with Crippen molar-refractivity contribution in [3.63, 3.8) is 0 Å². The van der Waals surface area contributed by atoms with Gasteiger partial charge in [-0.2, -0.15) is 0 Å². The summed E-state index contributed by atoms with van der Waals surface area (Å²) in [6, 6.07) is 8.84. The van der Waals surface area contributed by atoms with Crippen molar-refractivity contribution in [2.45, 2.75) is 46.1 Å². The molecule has 0 aromatic heterocycles. The molecule has 0 saturated heterocycles. The first-order valence-electron chi connectivity index (χ1n) is 7.61. The third-order valence-corrected chi connectivity index (χ3v) is 5.00. The maximum atomic E-state index is 5.90. The standard InChI is InChI=1S/C17H26BrNO/c1-13(2)17(3,12-19-15-7-8-15)9-10-20-16-6-4-5-14(18)11-16/h4-6,11,13,15,19H,7-10,12H2,1-3H3. The van der Waals surface area contributed by atoms with Gasteiger partial charge in [-0.3, -0.25) is 0 Å². The molecule has 1 aliphatic rings. The van der Waals surface area contributed by atoms with E-state index in [4.69, 9.17) is 4.74 Å². The summed E-state index contributed by atoms with van der Waals surface area (Å²) in [6.45, 7) is 8.87. The maximum absolute atomic E-state index is 5.90. The van der Waals surface area contributed by atoms with Crippen LogP contribution in [0.1, 0.15) is 40.0 Å². The maximum Gasteiger partial charge on any atom is 0.120 e. The van der Waals surface area contributed by atoms with Crippen molar-refractivity contribution < 1.29 is 4.74 Å². The van der Waals surface area contributed by atoms with Crippen LogP contribution in [0.5, 0.6) is 5.75 Å². The molecule has 2 nitrogen and oxygen atoms in total. The summed E-state index contributed by atoms with van der Waals surface area (Å²) in [5.74, 6) is 1.60. The van der Waals surface area contributed by atoms with E-state index in [2.05, 4.69) is 42.0 Å². The van der Waals surface area contributed by atoms with Crippen LogP contribution in [-0.4, -0.2) is 19.2 Å². The van der Waals surface area contributed by atoms with Crippen molar-refractivity contribution >= 4 is 15.9 Å². The van der Waals surface area contributed by atoms with Crippen molar-refractivity contribution in [3.8, 4) is 5.75 Å². The second-order valence-electron chi connectivity index (χ2n) is 6.52. The minimum Gasteiger partial charge on any atom is -0.494 e. The lowest BCUT2D eigenvalue weighted by molar-refractivity contribution is 0.150. The molecule has 20 heavy (non-hydrogen) atoms. The second kappa shape index (κ2) is 6.95. The van der Waals surface area contributed by atoms with Gasteiger partial charge in [0.25, 0.3) is 0 Å². The quantitative estimate of drug-likeness (QED) is 0.745. The largest absolute Gasteiger partial charge is 0.494 e. The summed E-state index contributed by atoms with van der Waals surface area (Å²) < 4.78 is 6.96. The van der Waals surface area contributed by atoms with Gasteiger partial charge in [-0.05, 0) is 48.8 Å². The molecule has 1 aromatic carbocycles. The number of ether oxygens (including phenoxy) is 1. The van der Waals surface area contributed by atoms with Gasteiger partial charge in [-0.15, -0.1) is 0 Å². The van der Waals surface area contributed by atoms with Gasteiger partial charge in [0.2, 0.25) is 0 Å². The van der Waals surface area contributed by atoms with Crippen LogP contribution in [0.25, 0.3) is 0 Å². The molecule has 1 aliphatic carbocycles. The number of hydrogen-bond donors (Lipinski definition) is 1. The molecule has 2 rings (SSSR count). The average molecular weight is 340 g/mol. The number of rotatable bonds is 8. The first kappa shape index (κ1) is 15.8. The molecule has 0 aliphatic heterocycles. The fraction of sp³-hybridized carbons (Fsp3) is 0.647. The highest BCUT2D eigenvalue weighted by molar-refractivity contribution is 9.10. The average Bonchev–Trinajstić information content (AvgIpc) is 3.20. The molecular weight excluding hydrogens is 314 g/mol. The van der Waals surface area contributed by atoms with Crippen molar-refractivity contribution in [1.29, 1.82) is 0 Å². The summed E-state index contributed by atoms with van der Waals surface area (Å²) >= 11 is 3.47. The van der Waals surface area contributed by atoms with Crippen LogP contribution in [0.4, 0.5) is 0 Å². The summed E-state index contributed by atoms with van der Waals surface area (Å²) in [5.41, 5.74) is 0.300. The Hall–Kier alpha value is -0.540. The molecule has 1 fully saturated rings. The van der Waals surface area contributed by atoms with Crippen LogP contribution in [0.2, 0.25) is 0 Å². The SMILES string of the molecule is CC(C)C(C)(CCOc1cccc(Br)c1)CNC1CC1. The molecule has 0 amide bonds. The first-order valence-corrected chi connectivity index (χ1v) is 8.41. The number of hydrogen-bond acceptors (Lipinski definition) is 2. The number of halogens is 1. The molecule has 0 heterocycles. The number of benzene rings is 1. The monoisotopic (exact) mass is 339 g/mol. The van der Waals surface area contributed by atoms with E-state index in [1.54, 1.807) is 0 Å². The highest BCUT2D eigenvalue weighted by Crippen LogP contribution is 2.32. The Morgan fingerprint density at radius 2 is 2.15 bits per heavy atom. The zero-order chi connectivity index (χ0) is 14.6. The third kappa shape index (κ3) is 4.78. The molecule has 1 N–H and O–H groups in total. The van der Waals surface area contributed by atoms with Crippen molar-refractivity contribution in [1.82, 2.24) is 5.32 Å². The van der Waals surface area contributed by atoms with E-state index >= 15 is 0 Å². The van der Waals surface area contributed by atoms with Crippen molar-refractivity contribution in [2.24, 2.45) is 11.3 Å². The highest BCUT2D eigenvalue weighted by atomic mass is 79.9. The Bertz CT molecular complexity index is 431. The van der Waals surface area contributed by atoms with E-state index in [1.807, 2.05) is 24.3 Å². The van der Waals surface area contributed by atoms with E-state index in [-0.39, 0.29) is 0 Å². The Morgan fingerprint density at radius 1 is 1.40 bits per heavy atom. The summed E-state index contributed by atoms with van der Waals surface area (Å²) in [7, 11) is 0. The molecule has 0 radical (unpaired) electrons. The van der Waals surface area contributed by atoms with Crippen LogP contribution < -0.4 is 10.1 Å². The van der Waals surface area contributed by atoms with E-state index in [0.717, 1.165) is 35.8 Å². The fourth-order valence-corrected chi connectivity index (χ4v) is 2.58. The van der Waals surface area contributed by atoms with Gasteiger partial charge in [0.15, 0.2) is 0 Å². The molecule has 1 unspecified atom stereocenters. The van der Waals surface area contributed by atoms with Gasteiger partial charge in [0.1, 0.15) is 5.75 Å². The van der Waals surface area contributed by atoms with E-state index < -0.39 is 0 Å². The lowest BCUT2D eigenvalue weighted by Gasteiger charge is -2.34. The van der Waals surface area contributed by atoms with Crippen molar-refractivity contribution in [3.05, 3.63) is 28.7 Å². The molecule has 1 saturated carbocycles. The normalized spacial score (nSPS) is 18.1. The highest BCUT2D eigenvalue weighted by Gasteiger charge is 2.31. The van der Waals surface area contributed by atoms with Crippen LogP contribution in [0, 0.1) is 11.3 Å². The second-order valence-corrected chi connectivity index (χ2v) is 7.44. The molecule has 0 bridgehead atoms. The lowest BCUT2D eigenvalue weighted by atomic mass is 9.76. The van der Waals surface area contributed by atoms with Gasteiger partial charge in [-0.25, -0.2) is 0 Å². The Morgan fingerprint density at radius 3 is 2.75 bits per heavy atom. The topological polar surface area (TPSA) is 21.3 Å². The third-order valence-electron chi connectivity index (χ3n) is 4.50. The van der Waals surface area contributed by atoms with Gasteiger partial charge in [0, 0.05) is 17.1 Å². The minimum atomic E-state index is 0.300. The smallest absolute Gasteiger partial charge is 0.120 e. The molecular formula is C17H26BrNO. The van der Waals surface area contributed by atoms with Gasteiger partial charge >= 0.3 is 0 Å². The van der Waals surface area contributed by atoms with Crippen LogP contribution in [0.15, 0.2) is 28.7 Å². The van der Waals surface area contributed by atoms with E-state index in [9.17, 15) is 0 Å². The Labute approximate surface area is 131 Å². The van der Waals surface area contributed by atoms with Crippen LogP contribution >= 0.6 is 15.9 Å². The van der Waals surface area contributed by atoms with Crippen LogP contribution in [-0.2, 0) is 0 Å². The van der Waals surface area contributed by atoms with Gasteiger partial charge in [-0.1, -0.05) is 42.8 Å². The van der Waals surface area contributed by atoms with Gasteiger partial charge < -0.3 is 10.1 Å². The minimum absolute atomic E-state index is 0.300. The van der Waals surface area contributed by atoms with Gasteiger partial charge in [0.05, 0.1) is 6.61 Å². The Balaban J connectivity index is 1.81. The first-order chi connectivity index (χ1) is 9.49. The molecule has 1 aromatic rings. The van der Waals surface area contributed by atoms with Crippen LogP contribution in [0.3, 0.4) is 0 Å². The molecule has 0 spiro atoms. The predicted octanol–water partition coefficient (Wildman–Crippen LogP) is 4.63. The van der Waals surface area contributed by atoms with Crippen molar-refractivity contribution in [2.75, 3.05) is 13.2 Å². The predicted molar refractivity (Wildman–Crippen MR) is 88.2 cm³/mol. The summed E-state index contributed by atoms with van der Waals surface area (Å²) in [4.78, 5) is 0. The lowest BCUT2D eigenvalue weighted by Crippen LogP contribution is -2.38. The van der Waals surface area contributed by atoms with E-state index in [0.29, 0.717) is 11.3 Å². The Kier molecular flexibility index (Phi) is 5.50. The zero-order valence-electron chi connectivity index (χ0n) is 12.8. The summed E-state index contributed by atoms with van der Waals surface area (Å²) in [6.07, 6.45) is 3.78. The zero-order valence-corrected chi connectivity index (χ0v) is 14.4. The molecule has 112 valence electrons. The van der Waals surface area contributed by atoms with E-state index in [1.165, 1.54) is 12.8 Å². The number of nitrogens with one attached hydrogen (secondary N) is 1. The fourth-order valence-electron chi connectivity index (χ4n) is 2.20.